The van der Waals surface area contributed by atoms with E-state index in [0.717, 1.165) is 24.2 Å². The summed E-state index contributed by atoms with van der Waals surface area (Å²) in [5.41, 5.74) is 1.75. The topological polar surface area (TPSA) is 65.1 Å². The summed E-state index contributed by atoms with van der Waals surface area (Å²) in [4.78, 5) is 20.9. The maximum atomic E-state index is 12.4. The monoisotopic (exact) mass is 307 g/mol. The number of nitrogens with zero attached hydrogens (tertiary/aromatic N) is 4. The Balaban J connectivity index is 1.52. The highest BCUT2D eigenvalue weighted by atomic mass is 16.2. The van der Waals surface area contributed by atoms with Crippen molar-refractivity contribution >= 4 is 22.4 Å². The van der Waals surface area contributed by atoms with E-state index in [-0.39, 0.29) is 5.91 Å². The molecule has 6 nitrogen and oxygen atoms in total. The molecule has 0 saturated carbocycles. The zero-order chi connectivity index (χ0) is 15.6. The van der Waals surface area contributed by atoms with E-state index >= 15 is 0 Å². The summed E-state index contributed by atoms with van der Waals surface area (Å²) in [6.45, 7) is 3.01. The zero-order valence-electron chi connectivity index (χ0n) is 12.6. The number of fused-ring (bicyclic) bond motifs is 1. The Morgan fingerprint density at radius 1 is 1.04 bits per heavy atom. The number of rotatable bonds is 2. The number of benzene rings is 1. The summed E-state index contributed by atoms with van der Waals surface area (Å²) in [5, 5.41) is 8.88. The van der Waals surface area contributed by atoms with Crippen LogP contribution in [0.1, 0.15) is 10.4 Å². The summed E-state index contributed by atoms with van der Waals surface area (Å²) in [6.07, 6.45) is 7.01. The molecule has 1 amide bonds. The molecule has 116 valence electrons. The molecule has 1 aromatic carbocycles. The fraction of sp³-hybridized carbons (Fsp3) is 0.235. The van der Waals surface area contributed by atoms with Crippen LogP contribution in [0.5, 0.6) is 0 Å². The first kappa shape index (κ1) is 13.8. The highest BCUT2D eigenvalue weighted by Gasteiger charge is 2.23. The normalized spacial score (nSPS) is 15.1. The number of H-pyrrole nitrogens is 1. The number of anilines is 1. The Hall–Kier alpha value is -2.89. The maximum Gasteiger partial charge on any atom is 0.257 e. The van der Waals surface area contributed by atoms with Crippen LogP contribution in [0.25, 0.3) is 10.8 Å². The van der Waals surface area contributed by atoms with Crippen LogP contribution in [0.15, 0.2) is 49.1 Å². The van der Waals surface area contributed by atoms with Crippen LogP contribution in [-0.2, 0) is 0 Å². The molecule has 1 N–H and O–H groups in total. The van der Waals surface area contributed by atoms with Crippen molar-refractivity contribution in [2.75, 3.05) is 31.1 Å². The van der Waals surface area contributed by atoms with E-state index in [9.17, 15) is 4.79 Å². The first-order valence-corrected chi connectivity index (χ1v) is 7.69. The van der Waals surface area contributed by atoms with Crippen LogP contribution < -0.4 is 4.90 Å². The van der Waals surface area contributed by atoms with E-state index in [1.165, 1.54) is 5.39 Å². The molecule has 0 bridgehead atoms. The first-order chi connectivity index (χ1) is 11.3. The molecule has 3 heterocycles. The van der Waals surface area contributed by atoms with Crippen molar-refractivity contribution in [2.24, 2.45) is 0 Å². The molecule has 1 saturated heterocycles. The zero-order valence-corrected chi connectivity index (χ0v) is 12.6. The van der Waals surface area contributed by atoms with E-state index in [2.05, 4.69) is 32.2 Å². The van der Waals surface area contributed by atoms with E-state index in [1.807, 2.05) is 29.4 Å². The molecule has 0 spiro atoms. The van der Waals surface area contributed by atoms with E-state index in [0.29, 0.717) is 18.7 Å². The number of aromatic nitrogens is 3. The second-order valence-electron chi connectivity index (χ2n) is 5.65. The van der Waals surface area contributed by atoms with Gasteiger partial charge in [-0.25, -0.2) is 0 Å². The van der Waals surface area contributed by atoms with E-state index in [1.54, 1.807) is 12.4 Å². The van der Waals surface area contributed by atoms with Gasteiger partial charge in [-0.15, -0.1) is 0 Å². The average molecular weight is 307 g/mol. The molecule has 3 aromatic rings. The molecule has 0 atom stereocenters. The molecule has 0 radical (unpaired) electrons. The van der Waals surface area contributed by atoms with Crippen molar-refractivity contribution in [2.45, 2.75) is 0 Å². The summed E-state index contributed by atoms with van der Waals surface area (Å²) in [6, 6.07) is 8.26. The SMILES string of the molecule is O=C(c1cn[nH]c1)N1CCN(c2cncc3ccccc23)CC1. The Labute approximate surface area is 133 Å². The summed E-state index contributed by atoms with van der Waals surface area (Å²) < 4.78 is 0. The largest absolute Gasteiger partial charge is 0.366 e. The number of pyridine rings is 1. The van der Waals surface area contributed by atoms with Crippen LogP contribution in [-0.4, -0.2) is 52.2 Å². The fourth-order valence-electron chi connectivity index (χ4n) is 3.05. The molecule has 1 fully saturated rings. The van der Waals surface area contributed by atoms with Crippen molar-refractivity contribution in [1.29, 1.82) is 0 Å². The van der Waals surface area contributed by atoms with Crippen LogP contribution in [0.3, 0.4) is 0 Å². The van der Waals surface area contributed by atoms with Gasteiger partial charge in [0.15, 0.2) is 0 Å². The van der Waals surface area contributed by atoms with Gasteiger partial charge in [0.1, 0.15) is 0 Å². The minimum Gasteiger partial charge on any atom is -0.366 e. The van der Waals surface area contributed by atoms with Gasteiger partial charge in [-0.2, -0.15) is 5.10 Å². The number of carbonyl (C=O) groups excluding carboxylic acids is 1. The molecule has 6 heteroatoms. The predicted octanol–water partition coefficient (Wildman–Crippen LogP) is 1.92. The van der Waals surface area contributed by atoms with Crippen molar-refractivity contribution < 1.29 is 4.79 Å². The molecule has 0 aliphatic carbocycles. The predicted molar refractivity (Wildman–Crippen MR) is 88.4 cm³/mol. The smallest absolute Gasteiger partial charge is 0.257 e. The third kappa shape index (κ3) is 2.52. The lowest BCUT2D eigenvalue weighted by Gasteiger charge is -2.36. The third-order valence-corrected chi connectivity index (χ3v) is 4.30. The molecule has 23 heavy (non-hydrogen) atoms. The third-order valence-electron chi connectivity index (χ3n) is 4.30. The van der Waals surface area contributed by atoms with Crippen LogP contribution >= 0.6 is 0 Å². The summed E-state index contributed by atoms with van der Waals surface area (Å²) in [5.74, 6) is 0.0365. The van der Waals surface area contributed by atoms with Crippen LogP contribution in [0.4, 0.5) is 5.69 Å². The second-order valence-corrected chi connectivity index (χ2v) is 5.65. The van der Waals surface area contributed by atoms with Crippen molar-refractivity contribution in [3.63, 3.8) is 0 Å². The highest BCUT2D eigenvalue weighted by Crippen LogP contribution is 2.26. The Kier molecular flexibility index (Phi) is 3.42. The lowest BCUT2D eigenvalue weighted by Crippen LogP contribution is -2.48. The van der Waals surface area contributed by atoms with Gasteiger partial charge in [0, 0.05) is 49.3 Å². The first-order valence-electron chi connectivity index (χ1n) is 7.69. The van der Waals surface area contributed by atoms with Crippen molar-refractivity contribution in [1.82, 2.24) is 20.1 Å². The van der Waals surface area contributed by atoms with Crippen LogP contribution in [0, 0.1) is 0 Å². The number of hydrogen-bond donors (Lipinski definition) is 1. The van der Waals surface area contributed by atoms with Crippen LogP contribution in [0.2, 0.25) is 0 Å². The highest BCUT2D eigenvalue weighted by molar-refractivity contribution is 5.95. The van der Waals surface area contributed by atoms with Crippen molar-refractivity contribution in [3.8, 4) is 0 Å². The minimum absolute atomic E-state index is 0.0365. The number of aromatic amines is 1. The molecule has 4 rings (SSSR count). The molecular formula is C17H17N5O. The maximum absolute atomic E-state index is 12.4. The lowest BCUT2D eigenvalue weighted by molar-refractivity contribution is 0.0747. The Morgan fingerprint density at radius 2 is 1.87 bits per heavy atom. The van der Waals surface area contributed by atoms with Gasteiger partial charge in [0.2, 0.25) is 0 Å². The summed E-state index contributed by atoms with van der Waals surface area (Å²) >= 11 is 0. The molecule has 1 aliphatic heterocycles. The number of amides is 1. The van der Waals surface area contributed by atoms with Gasteiger partial charge < -0.3 is 9.80 Å². The fourth-order valence-corrected chi connectivity index (χ4v) is 3.05. The standard InChI is InChI=1S/C17H17N5O/c23-17(14-10-19-20-11-14)22-7-5-21(6-8-22)16-12-18-9-13-3-1-2-4-15(13)16/h1-4,9-12H,5-8H2,(H,19,20). The summed E-state index contributed by atoms with van der Waals surface area (Å²) in [7, 11) is 0. The molecule has 2 aromatic heterocycles. The lowest BCUT2D eigenvalue weighted by atomic mass is 10.1. The van der Waals surface area contributed by atoms with Gasteiger partial charge in [0.25, 0.3) is 5.91 Å². The average Bonchev–Trinajstić information content (AvgIpc) is 3.15. The second kappa shape index (κ2) is 5.72. The molecule has 0 unspecified atom stereocenters. The number of nitrogens with one attached hydrogen (secondary N) is 1. The quantitative estimate of drug-likeness (QED) is 0.785. The van der Waals surface area contributed by atoms with Gasteiger partial charge >= 0.3 is 0 Å². The van der Waals surface area contributed by atoms with E-state index in [4.69, 9.17) is 0 Å². The molecule has 1 aliphatic rings. The van der Waals surface area contributed by atoms with Crippen molar-refractivity contribution in [3.05, 3.63) is 54.6 Å². The Morgan fingerprint density at radius 3 is 2.65 bits per heavy atom. The van der Waals surface area contributed by atoms with Gasteiger partial charge in [0.05, 0.1) is 23.6 Å². The molecular weight excluding hydrogens is 290 g/mol. The van der Waals surface area contributed by atoms with Gasteiger partial charge in [-0.05, 0) is 0 Å². The number of hydrogen-bond acceptors (Lipinski definition) is 4. The number of piperazine rings is 1. The Bertz CT molecular complexity index is 817. The van der Waals surface area contributed by atoms with E-state index < -0.39 is 0 Å². The minimum atomic E-state index is 0.0365. The van der Waals surface area contributed by atoms with Gasteiger partial charge in [-0.3, -0.25) is 14.9 Å². The van der Waals surface area contributed by atoms with Gasteiger partial charge in [-0.1, -0.05) is 24.3 Å². The number of carbonyl (C=O) groups is 1.